The quantitative estimate of drug-likeness (QED) is 0.664. The summed E-state index contributed by atoms with van der Waals surface area (Å²) in [6.07, 6.45) is 1.000. The number of halogens is 1. The highest BCUT2D eigenvalue weighted by Gasteiger charge is 2.46. The van der Waals surface area contributed by atoms with Crippen molar-refractivity contribution in [3.8, 4) is 0 Å². The Morgan fingerprint density at radius 1 is 1.21 bits per heavy atom. The largest absolute Gasteiger partial charge is 0.463 e. The monoisotopic (exact) mass is 411 g/mol. The highest BCUT2D eigenvalue weighted by molar-refractivity contribution is 7.10. The number of hydrogen-bond donors (Lipinski definition) is 0. The summed E-state index contributed by atoms with van der Waals surface area (Å²) in [6, 6.07) is 10.4. The van der Waals surface area contributed by atoms with Crippen LogP contribution in [0.3, 0.4) is 0 Å². The molecule has 0 spiro atoms. The van der Waals surface area contributed by atoms with Crippen LogP contribution in [-0.2, 0) is 14.3 Å². The van der Waals surface area contributed by atoms with Crippen LogP contribution in [0.2, 0.25) is 0 Å². The number of thiophene rings is 1. The molecule has 0 amide bonds. The van der Waals surface area contributed by atoms with Gasteiger partial charge < -0.3 is 4.74 Å². The van der Waals surface area contributed by atoms with Gasteiger partial charge in [0.2, 0.25) is 0 Å². The van der Waals surface area contributed by atoms with Crippen molar-refractivity contribution < 1.29 is 18.7 Å². The molecular weight excluding hydrogens is 389 g/mol. The van der Waals surface area contributed by atoms with Crippen LogP contribution in [0.1, 0.15) is 49.0 Å². The number of aliphatic imine (C=N–C) groups is 1. The van der Waals surface area contributed by atoms with Crippen molar-refractivity contribution in [1.29, 1.82) is 0 Å². The Bertz CT molecular complexity index is 1010. The highest BCUT2D eigenvalue weighted by Crippen LogP contribution is 2.46. The Balaban J connectivity index is 1.83. The van der Waals surface area contributed by atoms with E-state index in [4.69, 9.17) is 4.74 Å². The maximum absolute atomic E-state index is 14.8. The zero-order chi connectivity index (χ0) is 20.5. The van der Waals surface area contributed by atoms with Gasteiger partial charge in [0.15, 0.2) is 0 Å². The van der Waals surface area contributed by atoms with E-state index < -0.39 is 23.6 Å². The molecule has 2 aliphatic rings. The zero-order valence-corrected chi connectivity index (χ0v) is 17.2. The van der Waals surface area contributed by atoms with Crippen LogP contribution < -0.4 is 0 Å². The van der Waals surface area contributed by atoms with Crippen molar-refractivity contribution in [2.45, 2.75) is 38.5 Å². The summed E-state index contributed by atoms with van der Waals surface area (Å²) in [5, 5.41) is 2.00. The number of esters is 1. The van der Waals surface area contributed by atoms with Gasteiger partial charge >= 0.3 is 5.97 Å². The molecule has 6 heteroatoms. The summed E-state index contributed by atoms with van der Waals surface area (Å²) in [4.78, 5) is 31.9. The topological polar surface area (TPSA) is 55.7 Å². The number of nitrogens with zero attached hydrogens (tertiary/aromatic N) is 1. The second kappa shape index (κ2) is 8.03. The fraction of sp³-hybridized carbons (Fsp3) is 0.348. The first kappa shape index (κ1) is 19.7. The average Bonchev–Trinajstić information content (AvgIpc) is 3.22. The minimum Gasteiger partial charge on any atom is -0.463 e. The molecule has 0 saturated heterocycles. The molecule has 4 rings (SSSR count). The van der Waals surface area contributed by atoms with Crippen LogP contribution in [0.25, 0.3) is 0 Å². The Labute approximate surface area is 173 Å². The Kier molecular flexibility index (Phi) is 5.46. The molecule has 3 atom stereocenters. The van der Waals surface area contributed by atoms with Crippen molar-refractivity contribution in [1.82, 2.24) is 0 Å². The van der Waals surface area contributed by atoms with E-state index in [2.05, 4.69) is 4.99 Å². The van der Waals surface area contributed by atoms with Gasteiger partial charge in [0, 0.05) is 34.5 Å². The molecule has 0 bridgehead atoms. The molecule has 2 aromatic rings. The van der Waals surface area contributed by atoms with Gasteiger partial charge in [-0.2, -0.15) is 0 Å². The summed E-state index contributed by atoms with van der Waals surface area (Å²) in [5.41, 5.74) is 1.87. The number of benzene rings is 1. The number of fused-ring (bicyclic) bond motifs is 1. The molecule has 2 heterocycles. The number of rotatable bonds is 4. The zero-order valence-electron chi connectivity index (χ0n) is 16.4. The summed E-state index contributed by atoms with van der Waals surface area (Å²) in [5.74, 6) is -2.23. The van der Waals surface area contributed by atoms with E-state index in [0.29, 0.717) is 24.1 Å². The van der Waals surface area contributed by atoms with E-state index in [1.165, 1.54) is 6.07 Å². The third-order valence-corrected chi connectivity index (χ3v) is 6.67. The fourth-order valence-electron chi connectivity index (χ4n) is 4.44. The van der Waals surface area contributed by atoms with Crippen LogP contribution in [-0.4, -0.2) is 24.1 Å². The molecular formula is C23H22FNO3S. The third-order valence-electron chi connectivity index (χ3n) is 5.64. The van der Waals surface area contributed by atoms with E-state index in [0.717, 1.165) is 10.6 Å². The highest BCUT2D eigenvalue weighted by atomic mass is 32.1. The lowest BCUT2D eigenvalue weighted by molar-refractivity contribution is -0.139. The molecule has 150 valence electrons. The summed E-state index contributed by atoms with van der Waals surface area (Å²) in [7, 11) is 0. The van der Waals surface area contributed by atoms with Crippen molar-refractivity contribution in [2.24, 2.45) is 10.9 Å². The number of carbonyl (C=O) groups excluding carboxylic acids is 2. The van der Waals surface area contributed by atoms with Gasteiger partial charge in [0.05, 0.1) is 18.1 Å². The van der Waals surface area contributed by atoms with Crippen molar-refractivity contribution >= 4 is 28.8 Å². The number of allylic oxidation sites excluding steroid dienone is 1. The summed E-state index contributed by atoms with van der Waals surface area (Å²) in [6.45, 7) is 3.67. The molecule has 1 aliphatic heterocycles. The third kappa shape index (κ3) is 3.57. The van der Waals surface area contributed by atoms with Crippen molar-refractivity contribution in [2.75, 3.05) is 6.61 Å². The Morgan fingerprint density at radius 3 is 2.69 bits per heavy atom. The van der Waals surface area contributed by atoms with Crippen LogP contribution >= 0.6 is 11.3 Å². The number of hydrogen-bond acceptors (Lipinski definition) is 5. The number of ether oxygens (including phenoxy) is 1. The lowest BCUT2D eigenvalue weighted by atomic mass is 9.67. The fourth-order valence-corrected chi connectivity index (χ4v) is 5.27. The van der Waals surface area contributed by atoms with Gasteiger partial charge in [-0.3, -0.25) is 9.79 Å². The predicted octanol–water partition coefficient (Wildman–Crippen LogP) is 5.03. The van der Waals surface area contributed by atoms with Gasteiger partial charge in [-0.1, -0.05) is 24.3 Å². The van der Waals surface area contributed by atoms with E-state index >= 15 is 0 Å². The Morgan fingerprint density at radius 2 is 2.00 bits per heavy atom. The Hall–Kier alpha value is -2.60. The summed E-state index contributed by atoms with van der Waals surface area (Å²) < 4.78 is 20.0. The summed E-state index contributed by atoms with van der Waals surface area (Å²) >= 11 is 1.63. The molecule has 1 aromatic carbocycles. The van der Waals surface area contributed by atoms with Gasteiger partial charge in [0.25, 0.3) is 0 Å². The molecule has 0 radical (unpaired) electrons. The minimum atomic E-state index is -0.709. The van der Waals surface area contributed by atoms with E-state index in [1.807, 2.05) is 17.5 Å². The molecule has 29 heavy (non-hydrogen) atoms. The molecule has 0 N–H and O–H groups in total. The number of Topliss-reactive ketones (excluding diaryl/α,β-unsaturated/α-hetero) is 1. The smallest absolute Gasteiger partial charge is 0.336 e. The molecule has 1 fully saturated rings. The average molecular weight is 411 g/mol. The first-order chi connectivity index (χ1) is 14.0. The normalized spacial score (nSPS) is 24.2. The molecule has 1 saturated carbocycles. The number of carbonyl (C=O) groups is 2. The van der Waals surface area contributed by atoms with E-state index in [9.17, 15) is 14.0 Å². The molecule has 1 aliphatic carbocycles. The molecule has 0 unspecified atom stereocenters. The van der Waals surface area contributed by atoms with Crippen molar-refractivity contribution in [3.05, 3.63) is 69.3 Å². The maximum atomic E-state index is 14.8. The molecule has 1 aromatic heterocycles. The predicted molar refractivity (Wildman–Crippen MR) is 111 cm³/mol. The van der Waals surface area contributed by atoms with Gasteiger partial charge in [-0.15, -0.1) is 11.3 Å². The van der Waals surface area contributed by atoms with Crippen LogP contribution in [0.5, 0.6) is 0 Å². The second-order valence-electron chi connectivity index (χ2n) is 7.39. The second-order valence-corrected chi connectivity index (χ2v) is 8.37. The first-order valence-electron chi connectivity index (χ1n) is 9.77. The first-order valence-corrected chi connectivity index (χ1v) is 10.6. The van der Waals surface area contributed by atoms with Crippen molar-refractivity contribution in [3.63, 3.8) is 0 Å². The minimum absolute atomic E-state index is 0.00375. The van der Waals surface area contributed by atoms with Gasteiger partial charge in [-0.25, -0.2) is 9.18 Å². The van der Waals surface area contributed by atoms with E-state index in [1.54, 1.807) is 43.4 Å². The van der Waals surface area contributed by atoms with Crippen LogP contribution in [0.4, 0.5) is 4.39 Å². The lowest BCUT2D eigenvalue weighted by Gasteiger charge is -2.38. The lowest BCUT2D eigenvalue weighted by Crippen LogP contribution is -2.41. The maximum Gasteiger partial charge on any atom is 0.336 e. The van der Waals surface area contributed by atoms with Gasteiger partial charge in [-0.05, 0) is 43.3 Å². The standard InChI is InChI=1S/C23H22FNO3S/c1-3-28-23(27)20-13(2)25-17-11-14(19-9-6-10-29-19)12-18(26)22(17)21(20)15-7-4-5-8-16(15)24/h4-10,14,21-22H,3,11-12H2,1-2H3/t14-,21-,22-/m1/s1. The molecule has 4 nitrogen and oxygen atoms in total. The SMILES string of the molecule is CCOC(=O)C1=C(C)N=C2C[C@@H](c3cccs3)CC(=O)[C@@H]2[C@@H]1c1ccccc1F. The van der Waals surface area contributed by atoms with Crippen LogP contribution in [0.15, 0.2) is 58.0 Å². The van der Waals surface area contributed by atoms with E-state index in [-0.39, 0.29) is 23.9 Å². The number of ketones is 1. The van der Waals surface area contributed by atoms with Gasteiger partial charge in [0.1, 0.15) is 11.6 Å². The van der Waals surface area contributed by atoms with Crippen LogP contribution in [0, 0.1) is 11.7 Å².